The van der Waals surface area contributed by atoms with E-state index >= 15 is 0 Å². The molecule has 40 heavy (non-hydrogen) atoms. The van der Waals surface area contributed by atoms with Crippen molar-refractivity contribution in [1.29, 1.82) is 0 Å². The van der Waals surface area contributed by atoms with Crippen molar-refractivity contribution in [1.82, 2.24) is 29.8 Å². The van der Waals surface area contributed by atoms with Gasteiger partial charge in [0.25, 0.3) is 5.91 Å². The first-order valence-corrected chi connectivity index (χ1v) is 13.0. The fourth-order valence-corrected chi connectivity index (χ4v) is 4.78. The highest BCUT2D eigenvalue weighted by molar-refractivity contribution is 6.33. The molecule has 5 aromatic rings. The molecule has 1 unspecified atom stereocenters. The Morgan fingerprint density at radius 1 is 1.05 bits per heavy atom. The van der Waals surface area contributed by atoms with Crippen molar-refractivity contribution in [3.05, 3.63) is 125 Å². The third-order valence-electron chi connectivity index (χ3n) is 6.52. The second-order valence-electron chi connectivity index (χ2n) is 9.28. The van der Waals surface area contributed by atoms with E-state index in [0.717, 1.165) is 16.8 Å². The summed E-state index contributed by atoms with van der Waals surface area (Å²) in [6.07, 6.45) is 3.33. The number of carbonyl (C=O) groups is 1. The number of para-hydroxylation sites is 1. The van der Waals surface area contributed by atoms with Crippen molar-refractivity contribution < 1.29 is 9.53 Å². The van der Waals surface area contributed by atoms with Gasteiger partial charge in [-0.3, -0.25) is 4.79 Å². The Labute approximate surface area is 235 Å². The lowest BCUT2D eigenvalue weighted by Gasteiger charge is -2.29. The minimum Gasteiger partial charge on any atom is -0.487 e. The number of amides is 1. The predicted molar refractivity (Wildman–Crippen MR) is 151 cm³/mol. The molecule has 0 fully saturated rings. The standard InChI is InChI=1S/C29H25ClN8O2/c1-19-26(28(39)34-25-10-6-5-9-24(25)30)27(38-29(33-19)31-18-32-38)21-11-13-23(14-12-21)40-17-22-16-37(36-35-22)15-20-7-3-2-4-8-20/h2-14,16,18,27H,15,17H2,1H3,(H,34,39)(H,31,32,33). The second kappa shape index (κ2) is 11.0. The van der Waals surface area contributed by atoms with Gasteiger partial charge in [-0.1, -0.05) is 71.4 Å². The molecule has 0 radical (unpaired) electrons. The van der Waals surface area contributed by atoms with Gasteiger partial charge in [0.1, 0.15) is 30.4 Å². The van der Waals surface area contributed by atoms with E-state index < -0.39 is 6.04 Å². The van der Waals surface area contributed by atoms with E-state index in [0.29, 0.717) is 40.2 Å². The molecule has 1 aliphatic heterocycles. The fourth-order valence-electron chi connectivity index (χ4n) is 4.60. The molecule has 11 heteroatoms. The highest BCUT2D eigenvalue weighted by atomic mass is 35.5. The van der Waals surface area contributed by atoms with Gasteiger partial charge in [0.2, 0.25) is 5.95 Å². The molecule has 6 rings (SSSR count). The molecule has 0 saturated heterocycles. The summed E-state index contributed by atoms with van der Waals surface area (Å²) in [6, 6.07) is 24.2. The van der Waals surface area contributed by atoms with Crippen molar-refractivity contribution in [3.8, 4) is 5.75 Å². The number of fused-ring (bicyclic) bond motifs is 1. The van der Waals surface area contributed by atoms with Crippen LogP contribution in [0.3, 0.4) is 0 Å². The lowest BCUT2D eigenvalue weighted by Crippen LogP contribution is -2.31. The lowest BCUT2D eigenvalue weighted by molar-refractivity contribution is -0.113. The van der Waals surface area contributed by atoms with Crippen molar-refractivity contribution >= 4 is 29.1 Å². The maximum atomic E-state index is 13.5. The summed E-state index contributed by atoms with van der Waals surface area (Å²) < 4.78 is 9.45. The zero-order valence-electron chi connectivity index (χ0n) is 21.5. The number of allylic oxidation sites excluding steroid dienone is 1. The molecule has 10 nitrogen and oxygen atoms in total. The molecule has 0 saturated carbocycles. The van der Waals surface area contributed by atoms with Crippen molar-refractivity contribution in [2.75, 3.05) is 10.6 Å². The normalized spacial score (nSPS) is 14.4. The Kier molecular flexibility index (Phi) is 6.98. The van der Waals surface area contributed by atoms with Gasteiger partial charge in [0, 0.05) is 5.70 Å². The summed E-state index contributed by atoms with van der Waals surface area (Å²) in [7, 11) is 0. The smallest absolute Gasteiger partial charge is 0.255 e. The number of nitrogens with one attached hydrogen (secondary N) is 2. The van der Waals surface area contributed by atoms with Crippen LogP contribution in [0.4, 0.5) is 11.6 Å². The third-order valence-corrected chi connectivity index (χ3v) is 6.85. The average Bonchev–Trinajstić information content (AvgIpc) is 3.62. The Morgan fingerprint density at radius 2 is 1.82 bits per heavy atom. The van der Waals surface area contributed by atoms with Crippen LogP contribution in [0.25, 0.3) is 0 Å². The van der Waals surface area contributed by atoms with Crippen molar-refractivity contribution in [2.24, 2.45) is 0 Å². The Balaban J connectivity index is 1.18. The number of ether oxygens (including phenoxy) is 1. The number of benzene rings is 3. The van der Waals surface area contributed by atoms with Crippen LogP contribution in [-0.2, 0) is 17.9 Å². The number of anilines is 2. The number of rotatable bonds is 8. The molecule has 0 aliphatic carbocycles. The Hall–Kier alpha value is -4.96. The summed E-state index contributed by atoms with van der Waals surface area (Å²) >= 11 is 6.29. The number of hydrogen-bond acceptors (Lipinski definition) is 7. The van der Waals surface area contributed by atoms with Crippen molar-refractivity contribution in [3.63, 3.8) is 0 Å². The maximum absolute atomic E-state index is 13.5. The maximum Gasteiger partial charge on any atom is 0.255 e. The van der Waals surface area contributed by atoms with Gasteiger partial charge >= 0.3 is 0 Å². The molecule has 200 valence electrons. The lowest BCUT2D eigenvalue weighted by atomic mass is 9.95. The summed E-state index contributed by atoms with van der Waals surface area (Å²) in [5, 5.41) is 19.4. The van der Waals surface area contributed by atoms with Crippen LogP contribution in [0, 0.1) is 0 Å². The van der Waals surface area contributed by atoms with Crippen LogP contribution in [0.2, 0.25) is 5.02 Å². The number of aromatic nitrogens is 6. The zero-order chi connectivity index (χ0) is 27.5. The van der Waals surface area contributed by atoms with Crippen LogP contribution in [0.1, 0.15) is 29.8 Å². The van der Waals surface area contributed by atoms with Gasteiger partial charge < -0.3 is 15.4 Å². The molecule has 2 aromatic heterocycles. The molecule has 0 spiro atoms. The van der Waals surface area contributed by atoms with Gasteiger partial charge in [-0.25, -0.2) is 9.36 Å². The first-order chi connectivity index (χ1) is 19.5. The van der Waals surface area contributed by atoms with Crippen molar-refractivity contribution in [2.45, 2.75) is 26.1 Å². The predicted octanol–water partition coefficient (Wildman–Crippen LogP) is 5.08. The fraction of sp³-hybridized carbons (Fsp3) is 0.138. The highest BCUT2D eigenvalue weighted by Crippen LogP contribution is 2.36. The minimum absolute atomic E-state index is 0.277. The number of nitrogens with zero attached hydrogens (tertiary/aromatic N) is 6. The average molecular weight is 553 g/mol. The molecular formula is C29H25ClN8O2. The van der Waals surface area contributed by atoms with Gasteiger partial charge in [0.15, 0.2) is 0 Å². The van der Waals surface area contributed by atoms with E-state index in [1.54, 1.807) is 21.5 Å². The number of halogens is 1. The summed E-state index contributed by atoms with van der Waals surface area (Å²) in [4.78, 5) is 17.8. The van der Waals surface area contributed by atoms with Crippen LogP contribution in [-0.4, -0.2) is 35.7 Å². The molecule has 1 amide bonds. The van der Waals surface area contributed by atoms with Crippen LogP contribution in [0.5, 0.6) is 5.75 Å². The number of hydrogen-bond donors (Lipinski definition) is 2. The molecule has 3 aromatic carbocycles. The molecule has 0 bridgehead atoms. The van der Waals surface area contributed by atoms with Crippen LogP contribution in [0.15, 0.2) is 103 Å². The molecule has 1 atom stereocenters. The topological polar surface area (TPSA) is 112 Å². The monoisotopic (exact) mass is 552 g/mol. The molecular weight excluding hydrogens is 528 g/mol. The van der Waals surface area contributed by atoms with Gasteiger partial charge in [-0.15, -0.1) is 5.10 Å². The first kappa shape index (κ1) is 25.3. The second-order valence-corrected chi connectivity index (χ2v) is 9.69. The summed E-state index contributed by atoms with van der Waals surface area (Å²) in [5.74, 6) is 0.927. The van der Waals surface area contributed by atoms with E-state index in [1.165, 1.54) is 6.33 Å². The van der Waals surface area contributed by atoms with Crippen LogP contribution >= 0.6 is 11.6 Å². The quantitative estimate of drug-likeness (QED) is 0.276. The first-order valence-electron chi connectivity index (χ1n) is 12.6. The van der Waals surface area contributed by atoms with E-state index in [1.807, 2.05) is 79.9 Å². The van der Waals surface area contributed by atoms with E-state index in [4.69, 9.17) is 16.3 Å². The van der Waals surface area contributed by atoms with E-state index in [9.17, 15) is 4.79 Å². The minimum atomic E-state index is -0.506. The summed E-state index contributed by atoms with van der Waals surface area (Å²) in [6.45, 7) is 2.76. The zero-order valence-corrected chi connectivity index (χ0v) is 22.3. The van der Waals surface area contributed by atoms with Gasteiger partial charge in [-0.2, -0.15) is 10.1 Å². The van der Waals surface area contributed by atoms with Crippen LogP contribution < -0.4 is 15.4 Å². The molecule has 2 N–H and O–H groups in total. The summed E-state index contributed by atoms with van der Waals surface area (Å²) in [5.41, 5.74) is 4.42. The van der Waals surface area contributed by atoms with Gasteiger partial charge in [-0.05, 0) is 42.3 Å². The van der Waals surface area contributed by atoms with E-state index in [-0.39, 0.29) is 12.5 Å². The SMILES string of the molecule is CC1=C(C(=O)Nc2ccccc2Cl)C(c2ccc(OCc3cn(Cc4ccccc4)nn3)cc2)n2ncnc2N1. The Bertz CT molecular complexity index is 1680. The highest BCUT2D eigenvalue weighted by Gasteiger charge is 2.33. The number of carbonyl (C=O) groups excluding carboxylic acids is 1. The largest absolute Gasteiger partial charge is 0.487 e. The molecule has 3 heterocycles. The Morgan fingerprint density at radius 3 is 2.62 bits per heavy atom. The van der Waals surface area contributed by atoms with E-state index in [2.05, 4.69) is 31.0 Å². The third kappa shape index (κ3) is 5.29. The molecule has 1 aliphatic rings. The van der Waals surface area contributed by atoms with Gasteiger partial charge in [0.05, 0.1) is 29.0 Å².